The number of nitrogens with zero attached hydrogens (tertiary/aromatic N) is 1. The Kier molecular flexibility index (Phi) is 6.68. The van der Waals surface area contributed by atoms with E-state index in [1.54, 1.807) is 20.8 Å². The Bertz CT molecular complexity index is 761. The van der Waals surface area contributed by atoms with Crippen molar-refractivity contribution in [1.82, 2.24) is 9.62 Å². The highest BCUT2D eigenvalue weighted by molar-refractivity contribution is 9.10. The number of carbonyl (C=O) groups excluding carboxylic acids is 1. The molecule has 1 amide bonds. The molecule has 0 aliphatic heterocycles. The number of amides is 1. The van der Waals surface area contributed by atoms with Crippen LogP contribution in [0.3, 0.4) is 0 Å². The standard InChI is InChI=1S/C17H24BrFN2O4S/c1-17(2,3)25-16(22)20-9-4-10-21(12-5-6-12)26(23,24)13-7-8-14(18)15(19)11-13/h7-8,11-12H,4-6,9-10H2,1-3H3,(H,20,22). The number of hydrogen-bond donors (Lipinski definition) is 1. The molecule has 2 rings (SSSR count). The Balaban J connectivity index is 1.96. The molecule has 1 fully saturated rings. The lowest BCUT2D eigenvalue weighted by molar-refractivity contribution is 0.0527. The number of benzene rings is 1. The first-order chi connectivity index (χ1) is 12.0. The normalized spacial score (nSPS) is 15.2. The maximum atomic E-state index is 13.7. The van der Waals surface area contributed by atoms with Crippen molar-refractivity contribution in [2.24, 2.45) is 0 Å². The molecule has 0 unspecified atom stereocenters. The molecule has 0 bridgehead atoms. The lowest BCUT2D eigenvalue weighted by atomic mass is 10.2. The number of rotatable bonds is 7. The molecule has 146 valence electrons. The largest absolute Gasteiger partial charge is 0.444 e. The summed E-state index contributed by atoms with van der Waals surface area (Å²) in [6.07, 6.45) is 1.48. The van der Waals surface area contributed by atoms with Gasteiger partial charge in [0.25, 0.3) is 0 Å². The van der Waals surface area contributed by atoms with Crippen LogP contribution in [0.1, 0.15) is 40.0 Å². The van der Waals surface area contributed by atoms with E-state index in [0.717, 1.165) is 18.9 Å². The van der Waals surface area contributed by atoms with E-state index in [1.807, 2.05) is 0 Å². The third-order valence-electron chi connectivity index (χ3n) is 3.68. The average Bonchev–Trinajstić information content (AvgIpc) is 3.32. The van der Waals surface area contributed by atoms with Gasteiger partial charge in [0, 0.05) is 19.1 Å². The van der Waals surface area contributed by atoms with E-state index in [2.05, 4.69) is 21.2 Å². The fraction of sp³-hybridized carbons (Fsp3) is 0.588. The molecule has 1 aliphatic rings. The van der Waals surface area contributed by atoms with Crippen LogP contribution in [0.2, 0.25) is 0 Å². The van der Waals surface area contributed by atoms with E-state index in [-0.39, 0.29) is 22.0 Å². The molecule has 1 N–H and O–H groups in total. The third kappa shape index (κ3) is 5.92. The molecule has 0 saturated heterocycles. The van der Waals surface area contributed by atoms with Gasteiger partial charge in [0.1, 0.15) is 11.4 Å². The topological polar surface area (TPSA) is 75.7 Å². The SMILES string of the molecule is CC(C)(C)OC(=O)NCCCN(C1CC1)S(=O)(=O)c1ccc(Br)c(F)c1. The van der Waals surface area contributed by atoms with Crippen LogP contribution in [0, 0.1) is 5.82 Å². The fourth-order valence-corrected chi connectivity index (χ4v) is 4.36. The van der Waals surface area contributed by atoms with Crippen molar-refractivity contribution < 1.29 is 22.3 Å². The zero-order chi connectivity index (χ0) is 19.5. The van der Waals surface area contributed by atoms with Gasteiger partial charge in [-0.15, -0.1) is 0 Å². The molecule has 1 saturated carbocycles. The second-order valence-electron chi connectivity index (χ2n) is 7.21. The molecule has 9 heteroatoms. The summed E-state index contributed by atoms with van der Waals surface area (Å²) in [6.45, 7) is 5.85. The highest BCUT2D eigenvalue weighted by Gasteiger charge is 2.37. The molecule has 1 aliphatic carbocycles. The molecule has 0 spiro atoms. The summed E-state index contributed by atoms with van der Waals surface area (Å²) < 4.78 is 46.1. The van der Waals surface area contributed by atoms with Crippen LogP contribution in [0.15, 0.2) is 27.6 Å². The van der Waals surface area contributed by atoms with Gasteiger partial charge in [0.2, 0.25) is 10.0 Å². The average molecular weight is 451 g/mol. The Labute approximate surface area is 162 Å². The molecule has 1 aromatic carbocycles. The second kappa shape index (κ2) is 8.22. The lowest BCUT2D eigenvalue weighted by Gasteiger charge is -2.23. The molecule has 26 heavy (non-hydrogen) atoms. The first kappa shape index (κ1) is 21.1. The predicted octanol–water partition coefficient (Wildman–Crippen LogP) is 3.66. The van der Waals surface area contributed by atoms with Gasteiger partial charge in [0.05, 0.1) is 9.37 Å². The molecule has 0 aromatic heterocycles. The molecule has 0 heterocycles. The van der Waals surface area contributed by atoms with Crippen molar-refractivity contribution in [2.75, 3.05) is 13.1 Å². The van der Waals surface area contributed by atoms with Gasteiger partial charge < -0.3 is 10.1 Å². The van der Waals surface area contributed by atoms with Crippen LogP contribution in [0.5, 0.6) is 0 Å². The van der Waals surface area contributed by atoms with Gasteiger partial charge in [-0.25, -0.2) is 17.6 Å². The van der Waals surface area contributed by atoms with Crippen LogP contribution in [-0.2, 0) is 14.8 Å². The summed E-state index contributed by atoms with van der Waals surface area (Å²) in [4.78, 5) is 11.6. The summed E-state index contributed by atoms with van der Waals surface area (Å²) in [7, 11) is -3.78. The highest BCUT2D eigenvalue weighted by Crippen LogP contribution is 2.32. The molecular formula is C17H24BrFN2O4S. The number of halogens is 2. The van der Waals surface area contributed by atoms with Crippen molar-refractivity contribution in [2.45, 2.75) is 56.6 Å². The first-order valence-electron chi connectivity index (χ1n) is 8.44. The zero-order valence-electron chi connectivity index (χ0n) is 15.1. The minimum Gasteiger partial charge on any atom is -0.444 e. The second-order valence-corrected chi connectivity index (χ2v) is 9.95. The summed E-state index contributed by atoms with van der Waals surface area (Å²) in [6, 6.07) is 3.73. The number of carbonyl (C=O) groups is 1. The quantitative estimate of drug-likeness (QED) is 0.643. The van der Waals surface area contributed by atoms with Crippen molar-refractivity contribution in [3.8, 4) is 0 Å². The van der Waals surface area contributed by atoms with Crippen molar-refractivity contribution in [1.29, 1.82) is 0 Å². The van der Waals surface area contributed by atoms with Gasteiger partial charge in [-0.3, -0.25) is 0 Å². The van der Waals surface area contributed by atoms with Gasteiger partial charge in [-0.05, 0) is 74.2 Å². The van der Waals surface area contributed by atoms with Gasteiger partial charge in [0.15, 0.2) is 0 Å². The van der Waals surface area contributed by atoms with Crippen molar-refractivity contribution >= 4 is 32.0 Å². The van der Waals surface area contributed by atoms with Crippen LogP contribution in [-0.4, -0.2) is 43.5 Å². The van der Waals surface area contributed by atoms with Gasteiger partial charge in [-0.2, -0.15) is 4.31 Å². The van der Waals surface area contributed by atoms with Crippen LogP contribution in [0.25, 0.3) is 0 Å². The van der Waals surface area contributed by atoms with E-state index in [4.69, 9.17) is 4.74 Å². The number of alkyl carbamates (subject to hydrolysis) is 1. The number of hydrogen-bond acceptors (Lipinski definition) is 4. The van der Waals surface area contributed by atoms with Gasteiger partial charge in [-0.1, -0.05) is 0 Å². The van der Waals surface area contributed by atoms with E-state index < -0.39 is 27.5 Å². The maximum absolute atomic E-state index is 13.7. The van der Waals surface area contributed by atoms with Crippen molar-refractivity contribution in [3.63, 3.8) is 0 Å². The summed E-state index contributed by atoms with van der Waals surface area (Å²) >= 11 is 3.02. The summed E-state index contributed by atoms with van der Waals surface area (Å²) in [5.41, 5.74) is -0.584. The molecule has 1 aromatic rings. The Morgan fingerprint density at radius 3 is 2.58 bits per heavy atom. The molecular weight excluding hydrogens is 427 g/mol. The monoisotopic (exact) mass is 450 g/mol. The zero-order valence-corrected chi connectivity index (χ0v) is 17.5. The van der Waals surface area contributed by atoms with Gasteiger partial charge >= 0.3 is 6.09 Å². The molecule has 0 atom stereocenters. The Hall–Kier alpha value is -1.19. The summed E-state index contributed by atoms with van der Waals surface area (Å²) in [5, 5.41) is 2.61. The van der Waals surface area contributed by atoms with Crippen LogP contribution < -0.4 is 5.32 Å². The number of ether oxygens (including phenoxy) is 1. The van der Waals surface area contributed by atoms with E-state index in [1.165, 1.54) is 16.4 Å². The van der Waals surface area contributed by atoms with Crippen molar-refractivity contribution in [3.05, 3.63) is 28.5 Å². The van der Waals surface area contributed by atoms with Crippen LogP contribution >= 0.6 is 15.9 Å². The molecule has 0 radical (unpaired) electrons. The Morgan fingerprint density at radius 2 is 2.04 bits per heavy atom. The van der Waals surface area contributed by atoms with Crippen LogP contribution in [0.4, 0.5) is 9.18 Å². The lowest BCUT2D eigenvalue weighted by Crippen LogP contribution is -2.37. The van der Waals surface area contributed by atoms with E-state index in [0.29, 0.717) is 13.0 Å². The smallest absolute Gasteiger partial charge is 0.407 e. The molecule has 6 nitrogen and oxygen atoms in total. The number of nitrogens with one attached hydrogen (secondary N) is 1. The predicted molar refractivity (Wildman–Crippen MR) is 99.9 cm³/mol. The minimum atomic E-state index is -3.78. The van der Waals surface area contributed by atoms with E-state index >= 15 is 0 Å². The maximum Gasteiger partial charge on any atom is 0.407 e. The summed E-state index contributed by atoms with van der Waals surface area (Å²) in [5.74, 6) is -0.617. The third-order valence-corrected chi connectivity index (χ3v) is 6.27. The Morgan fingerprint density at radius 1 is 1.38 bits per heavy atom. The highest BCUT2D eigenvalue weighted by atomic mass is 79.9. The number of sulfonamides is 1. The first-order valence-corrected chi connectivity index (χ1v) is 10.7. The minimum absolute atomic E-state index is 0.0618. The fourth-order valence-electron chi connectivity index (χ4n) is 2.37. The van der Waals surface area contributed by atoms with E-state index in [9.17, 15) is 17.6 Å².